The molecule has 17 nitrogen and oxygen atoms in total. The lowest BCUT2D eigenvalue weighted by Gasteiger charge is -2.21. The monoisotopic (exact) mass is 1580 g/mol. The van der Waals surface area contributed by atoms with E-state index in [0.29, 0.717) is 32.1 Å². The third-order valence-corrected chi connectivity index (χ3v) is 19.4. The second kappa shape index (κ2) is 81.7. The minimum absolute atomic E-state index is 0.00803. The van der Waals surface area contributed by atoms with Gasteiger partial charge >= 0.3 is 39.5 Å². The molecular weight excluding hydrogens is 1430 g/mol. The summed E-state index contributed by atoms with van der Waals surface area (Å²) in [5.74, 6) is -2.28. The summed E-state index contributed by atoms with van der Waals surface area (Å²) >= 11 is 0. The molecule has 0 aromatic heterocycles. The SMILES string of the molecule is CC/C=C\C/C=C\C/C=C\C/C=C\C/C=C\CCCC(=O)OC(COC(=O)CCCCCCCC/C=C\C/C=C\C/C=C\C/C=C\CC)COP(=O)(O)OCC(O)COP(=O)(O)OCC(COC(=O)CCCCCCCC/C=C\C/C=C\C/C=C\CCCCC)OC(=O)CCCCCCC/C=C\CCCCCCCC. The van der Waals surface area contributed by atoms with Crippen LogP contribution >= 0.6 is 15.6 Å². The molecule has 3 N–H and O–H groups in total. The van der Waals surface area contributed by atoms with Crippen LogP contribution < -0.4 is 0 Å². The summed E-state index contributed by atoms with van der Waals surface area (Å²) in [7, 11) is -10.0. The summed E-state index contributed by atoms with van der Waals surface area (Å²) in [4.78, 5) is 73.3. The van der Waals surface area contributed by atoms with Gasteiger partial charge < -0.3 is 33.8 Å². The molecule has 0 aromatic rings. The number of unbranched alkanes of at least 4 members (excludes halogenated alkanes) is 27. The van der Waals surface area contributed by atoms with Crippen LogP contribution in [0.3, 0.4) is 0 Å². The quantitative estimate of drug-likeness (QED) is 0.0169. The first-order valence-electron chi connectivity index (χ1n) is 42.7. The van der Waals surface area contributed by atoms with Crippen LogP contribution in [0.1, 0.15) is 336 Å². The molecule has 0 aliphatic rings. The number of hydrogen-bond donors (Lipinski definition) is 3. The Bertz CT molecular complexity index is 2700. The molecule has 5 unspecified atom stereocenters. The van der Waals surface area contributed by atoms with Crippen LogP contribution in [0, 0.1) is 0 Å². The summed E-state index contributed by atoms with van der Waals surface area (Å²) in [5, 5.41) is 10.7. The fourth-order valence-corrected chi connectivity index (χ4v) is 12.6. The standard InChI is InChI=1S/C91H152O17P2/c1-5-9-13-17-21-25-29-33-37-40-42-45-48-51-55-59-63-67-71-75-88(93)101-81-86(107-90(95)77-73-69-65-61-57-53-47-36-32-28-24-20-16-12-8-4)83-105-109(97,98)103-79-85(92)80-104-110(99,100)106-84-87(108-91(96)78-74-70-66-62-58-54-50-44-39-35-31-27-23-19-15-11-7-3)82-102-89(94)76-72-68-64-60-56-52-49-46-43-41-38-34-30-26-22-18-14-10-6-2/h10-11,14-15,21-23,25-27,33-39,42-43,45-47,50,54,62,66,85-87,92H,5-9,12-13,16-20,24,28-32,40-41,44,48-49,51-53,55-61,63-65,67-84H2,1-4H3,(H,97,98)(H,99,100)/b14-10-,15-11-,25-21-,26-22-,27-23-,37-33-,38-34-,39-35-,45-42-,46-43-,47-36-,54-50-,66-62-. The zero-order valence-electron chi connectivity index (χ0n) is 68.9. The van der Waals surface area contributed by atoms with Crippen molar-refractivity contribution in [1.29, 1.82) is 0 Å². The average Bonchev–Trinajstić information content (AvgIpc) is 0.906. The van der Waals surface area contributed by atoms with E-state index in [-0.39, 0.29) is 25.7 Å². The summed E-state index contributed by atoms with van der Waals surface area (Å²) in [6.45, 7) is 4.54. The summed E-state index contributed by atoms with van der Waals surface area (Å²) < 4.78 is 68.7. The molecule has 0 aromatic carbocycles. The van der Waals surface area contributed by atoms with Crippen molar-refractivity contribution in [3.05, 3.63) is 158 Å². The first-order valence-corrected chi connectivity index (χ1v) is 45.7. The van der Waals surface area contributed by atoms with Crippen molar-refractivity contribution in [2.24, 2.45) is 0 Å². The molecule has 0 heterocycles. The van der Waals surface area contributed by atoms with E-state index in [9.17, 15) is 43.2 Å². The number of hydrogen-bond acceptors (Lipinski definition) is 15. The van der Waals surface area contributed by atoms with Crippen LogP contribution in [0.25, 0.3) is 0 Å². The van der Waals surface area contributed by atoms with Gasteiger partial charge in [0.15, 0.2) is 12.2 Å². The van der Waals surface area contributed by atoms with Crippen LogP contribution in [0.15, 0.2) is 158 Å². The van der Waals surface area contributed by atoms with Gasteiger partial charge in [-0.1, -0.05) is 301 Å². The van der Waals surface area contributed by atoms with Gasteiger partial charge in [-0.05, 0) is 167 Å². The smallest absolute Gasteiger partial charge is 0.462 e. The van der Waals surface area contributed by atoms with E-state index < -0.39 is 97.5 Å². The number of aliphatic hydroxyl groups is 1. The fraction of sp³-hybridized carbons (Fsp3) is 0.670. The molecule has 5 atom stereocenters. The molecule has 0 amide bonds. The zero-order chi connectivity index (χ0) is 80.3. The molecule has 0 saturated heterocycles. The van der Waals surface area contributed by atoms with Crippen molar-refractivity contribution in [1.82, 2.24) is 0 Å². The molecule has 0 saturated carbocycles. The number of carbonyl (C=O) groups is 4. The molecule has 19 heteroatoms. The molecule has 0 bridgehead atoms. The number of aliphatic hydroxyl groups excluding tert-OH is 1. The van der Waals surface area contributed by atoms with Crippen molar-refractivity contribution < 1.29 is 80.2 Å². The largest absolute Gasteiger partial charge is 0.472 e. The first-order chi connectivity index (χ1) is 53.7. The van der Waals surface area contributed by atoms with Gasteiger partial charge in [-0.2, -0.15) is 0 Å². The van der Waals surface area contributed by atoms with Crippen LogP contribution in [0.2, 0.25) is 0 Å². The maximum absolute atomic E-state index is 13.1. The van der Waals surface area contributed by atoms with E-state index in [1.807, 2.05) is 12.2 Å². The Morgan fingerprint density at radius 1 is 0.264 bits per heavy atom. The number of phosphoric acid groups is 2. The highest BCUT2D eigenvalue weighted by molar-refractivity contribution is 7.47. The minimum atomic E-state index is -5.01. The van der Waals surface area contributed by atoms with Crippen molar-refractivity contribution in [3.8, 4) is 0 Å². The van der Waals surface area contributed by atoms with Gasteiger partial charge in [0.1, 0.15) is 19.3 Å². The topological polar surface area (TPSA) is 237 Å². The molecule has 0 fully saturated rings. The van der Waals surface area contributed by atoms with E-state index in [0.717, 1.165) is 193 Å². The average molecular weight is 1580 g/mol. The Labute approximate surface area is 668 Å². The Kier molecular flexibility index (Phi) is 77.7. The molecule has 0 rings (SSSR count). The number of phosphoric ester groups is 2. The van der Waals surface area contributed by atoms with E-state index >= 15 is 0 Å². The van der Waals surface area contributed by atoms with Crippen LogP contribution in [0.5, 0.6) is 0 Å². The first kappa shape index (κ1) is 105. The predicted octanol–water partition coefficient (Wildman–Crippen LogP) is 25.6. The molecule has 0 aliphatic heterocycles. The van der Waals surface area contributed by atoms with E-state index in [1.54, 1.807) is 0 Å². The van der Waals surface area contributed by atoms with E-state index in [1.165, 1.54) is 57.8 Å². The maximum Gasteiger partial charge on any atom is 0.472 e. The number of rotatable bonds is 79. The summed E-state index contributed by atoms with van der Waals surface area (Å²) in [6.07, 6.45) is 96.4. The van der Waals surface area contributed by atoms with Gasteiger partial charge in [-0.3, -0.25) is 37.3 Å². The van der Waals surface area contributed by atoms with Crippen molar-refractivity contribution >= 4 is 39.5 Å². The van der Waals surface area contributed by atoms with Gasteiger partial charge in [0.2, 0.25) is 0 Å². The third-order valence-electron chi connectivity index (χ3n) is 17.5. The van der Waals surface area contributed by atoms with Gasteiger partial charge in [0, 0.05) is 25.7 Å². The fourth-order valence-electron chi connectivity index (χ4n) is 11.0. The maximum atomic E-state index is 13.1. The van der Waals surface area contributed by atoms with Gasteiger partial charge in [0.25, 0.3) is 0 Å². The second-order valence-electron chi connectivity index (χ2n) is 28.0. The number of carbonyl (C=O) groups excluding carboxylic acids is 4. The Morgan fingerprint density at radius 2 is 0.482 bits per heavy atom. The number of allylic oxidation sites excluding steroid dienone is 26. The van der Waals surface area contributed by atoms with Crippen molar-refractivity contribution in [2.75, 3.05) is 39.6 Å². The molecule has 628 valence electrons. The van der Waals surface area contributed by atoms with Crippen LogP contribution in [-0.4, -0.2) is 96.7 Å². The summed E-state index contributed by atoms with van der Waals surface area (Å²) in [5.41, 5.74) is 0. The lowest BCUT2D eigenvalue weighted by Crippen LogP contribution is -2.30. The Morgan fingerprint density at radius 3 is 0.791 bits per heavy atom. The lowest BCUT2D eigenvalue weighted by atomic mass is 10.1. The number of esters is 4. The predicted molar refractivity (Wildman–Crippen MR) is 454 cm³/mol. The Balaban J connectivity index is 5.45. The van der Waals surface area contributed by atoms with E-state index in [4.69, 9.17) is 37.0 Å². The van der Waals surface area contributed by atoms with Crippen molar-refractivity contribution in [3.63, 3.8) is 0 Å². The molecule has 0 radical (unpaired) electrons. The van der Waals surface area contributed by atoms with Crippen molar-refractivity contribution in [2.45, 2.75) is 354 Å². The molecule has 0 spiro atoms. The molecule has 0 aliphatic carbocycles. The van der Waals surface area contributed by atoms with Crippen LogP contribution in [0.4, 0.5) is 0 Å². The number of ether oxygens (including phenoxy) is 4. The van der Waals surface area contributed by atoms with Crippen LogP contribution in [-0.2, 0) is 65.4 Å². The lowest BCUT2D eigenvalue weighted by molar-refractivity contribution is -0.161. The normalized spacial score (nSPS) is 14.6. The zero-order valence-corrected chi connectivity index (χ0v) is 70.7. The summed E-state index contributed by atoms with van der Waals surface area (Å²) in [6, 6.07) is 0. The molecule has 110 heavy (non-hydrogen) atoms. The highest BCUT2D eigenvalue weighted by atomic mass is 31.2. The highest BCUT2D eigenvalue weighted by Crippen LogP contribution is 2.45. The van der Waals surface area contributed by atoms with E-state index in [2.05, 4.69) is 174 Å². The third kappa shape index (κ3) is 80.7. The van der Waals surface area contributed by atoms with Gasteiger partial charge in [0.05, 0.1) is 26.4 Å². The minimum Gasteiger partial charge on any atom is -0.462 e. The Hall–Kier alpha value is -5.32. The van der Waals surface area contributed by atoms with Gasteiger partial charge in [-0.15, -0.1) is 0 Å². The second-order valence-corrected chi connectivity index (χ2v) is 30.9. The highest BCUT2D eigenvalue weighted by Gasteiger charge is 2.30. The molecular formula is C91H152O17P2. The van der Waals surface area contributed by atoms with Gasteiger partial charge in [-0.25, -0.2) is 9.13 Å².